The van der Waals surface area contributed by atoms with Crippen LogP contribution < -0.4 is 4.72 Å². The summed E-state index contributed by atoms with van der Waals surface area (Å²) >= 11 is 0. The molecule has 5 nitrogen and oxygen atoms in total. The first kappa shape index (κ1) is 13.9. The van der Waals surface area contributed by atoms with Gasteiger partial charge in [-0.1, -0.05) is 0 Å². The Kier molecular flexibility index (Phi) is 3.63. The first-order valence-corrected chi connectivity index (χ1v) is 6.75. The zero-order chi connectivity index (χ0) is 14.8. The molecule has 0 bridgehead atoms. The summed E-state index contributed by atoms with van der Waals surface area (Å²) < 4.78 is 52.6. The number of nitriles is 1. The Hall–Kier alpha value is -2.53. The highest BCUT2D eigenvalue weighted by molar-refractivity contribution is 7.92. The molecule has 20 heavy (non-hydrogen) atoms. The predicted molar refractivity (Wildman–Crippen MR) is 66.1 cm³/mol. The molecule has 8 heteroatoms. The molecule has 0 saturated carbocycles. The first-order chi connectivity index (χ1) is 9.44. The molecule has 0 atom stereocenters. The van der Waals surface area contributed by atoms with E-state index in [1.807, 2.05) is 4.72 Å². The number of sulfonamides is 1. The van der Waals surface area contributed by atoms with Crippen molar-refractivity contribution in [2.24, 2.45) is 0 Å². The Morgan fingerprint density at radius 2 is 1.95 bits per heavy atom. The monoisotopic (exact) mass is 295 g/mol. The van der Waals surface area contributed by atoms with Gasteiger partial charge in [0.1, 0.15) is 5.82 Å². The van der Waals surface area contributed by atoms with Gasteiger partial charge in [-0.05, 0) is 30.3 Å². The molecule has 1 aromatic carbocycles. The van der Waals surface area contributed by atoms with Gasteiger partial charge in [0.15, 0.2) is 5.82 Å². The quantitative estimate of drug-likeness (QED) is 0.939. The van der Waals surface area contributed by atoms with E-state index >= 15 is 0 Å². The van der Waals surface area contributed by atoms with Gasteiger partial charge in [-0.3, -0.25) is 4.72 Å². The molecule has 2 rings (SSSR count). The molecule has 0 spiro atoms. The normalized spacial score (nSPS) is 10.8. The molecule has 0 radical (unpaired) electrons. The van der Waals surface area contributed by atoms with Crippen molar-refractivity contribution in [1.29, 1.82) is 5.26 Å². The van der Waals surface area contributed by atoms with Gasteiger partial charge in [0.25, 0.3) is 10.0 Å². The van der Waals surface area contributed by atoms with Gasteiger partial charge in [-0.15, -0.1) is 0 Å². The van der Waals surface area contributed by atoms with Crippen molar-refractivity contribution < 1.29 is 17.2 Å². The van der Waals surface area contributed by atoms with Crippen LogP contribution in [0.3, 0.4) is 0 Å². The molecule has 102 valence electrons. The van der Waals surface area contributed by atoms with Crippen molar-refractivity contribution in [3.8, 4) is 6.07 Å². The van der Waals surface area contributed by atoms with Crippen LogP contribution in [0.1, 0.15) is 5.56 Å². The zero-order valence-electron chi connectivity index (χ0n) is 9.84. The molecular formula is C12H7F2N3O2S. The molecule has 1 heterocycles. The van der Waals surface area contributed by atoms with E-state index in [1.165, 1.54) is 12.1 Å². The van der Waals surface area contributed by atoms with Gasteiger partial charge in [0.2, 0.25) is 5.03 Å². The molecule has 0 fully saturated rings. The minimum absolute atomic E-state index is 0.0365. The van der Waals surface area contributed by atoms with E-state index in [0.29, 0.717) is 0 Å². The average molecular weight is 295 g/mol. The van der Waals surface area contributed by atoms with Crippen molar-refractivity contribution >= 4 is 15.7 Å². The van der Waals surface area contributed by atoms with E-state index in [0.717, 1.165) is 24.4 Å². The molecule has 0 aliphatic rings. The van der Waals surface area contributed by atoms with Crippen LogP contribution >= 0.6 is 0 Å². The third kappa shape index (κ3) is 2.73. The lowest BCUT2D eigenvalue weighted by Gasteiger charge is -2.08. The number of benzene rings is 1. The Morgan fingerprint density at radius 3 is 2.55 bits per heavy atom. The fourth-order valence-corrected chi connectivity index (χ4v) is 2.51. The van der Waals surface area contributed by atoms with Gasteiger partial charge < -0.3 is 0 Å². The molecule has 0 aliphatic carbocycles. The topological polar surface area (TPSA) is 82.9 Å². The van der Waals surface area contributed by atoms with Crippen molar-refractivity contribution in [3.05, 3.63) is 53.7 Å². The second kappa shape index (κ2) is 5.22. The molecular weight excluding hydrogens is 288 g/mol. The van der Waals surface area contributed by atoms with E-state index < -0.39 is 32.4 Å². The fourth-order valence-electron chi connectivity index (χ4n) is 1.43. The Morgan fingerprint density at radius 1 is 1.20 bits per heavy atom. The van der Waals surface area contributed by atoms with Crippen LogP contribution in [-0.2, 0) is 10.0 Å². The Bertz CT molecular complexity index is 801. The van der Waals surface area contributed by atoms with E-state index in [4.69, 9.17) is 5.26 Å². The third-order valence-corrected chi connectivity index (χ3v) is 3.62. The van der Waals surface area contributed by atoms with E-state index in [9.17, 15) is 17.2 Å². The van der Waals surface area contributed by atoms with Crippen LogP contribution in [-0.4, -0.2) is 13.4 Å². The number of halogens is 2. The van der Waals surface area contributed by atoms with Gasteiger partial charge in [-0.25, -0.2) is 13.8 Å². The molecule has 0 aliphatic heterocycles. The summed E-state index contributed by atoms with van der Waals surface area (Å²) in [7, 11) is -4.35. The van der Waals surface area contributed by atoms with Crippen LogP contribution in [0.25, 0.3) is 0 Å². The number of pyridine rings is 1. The van der Waals surface area contributed by atoms with Crippen LogP contribution in [0.15, 0.2) is 41.6 Å². The minimum Gasteiger partial charge on any atom is -0.275 e. The summed E-state index contributed by atoms with van der Waals surface area (Å²) in [5.74, 6) is -1.99. The van der Waals surface area contributed by atoms with Gasteiger partial charge in [0, 0.05) is 6.20 Å². The maximum absolute atomic E-state index is 13.6. The average Bonchev–Trinajstić information content (AvgIpc) is 2.41. The predicted octanol–water partition coefficient (Wildman–Crippen LogP) is 2.03. The van der Waals surface area contributed by atoms with Crippen LogP contribution in [0.4, 0.5) is 14.5 Å². The van der Waals surface area contributed by atoms with Crippen molar-refractivity contribution in [2.75, 3.05) is 4.72 Å². The highest BCUT2D eigenvalue weighted by atomic mass is 32.2. The van der Waals surface area contributed by atoms with Crippen LogP contribution in [0.2, 0.25) is 0 Å². The molecule has 1 aromatic heterocycles. The summed E-state index contributed by atoms with van der Waals surface area (Å²) in [6.45, 7) is 0. The molecule has 1 N–H and O–H groups in total. The largest absolute Gasteiger partial charge is 0.282 e. The highest BCUT2D eigenvalue weighted by Crippen LogP contribution is 2.20. The Labute approximate surface area is 113 Å². The van der Waals surface area contributed by atoms with E-state index in [2.05, 4.69) is 4.98 Å². The zero-order valence-corrected chi connectivity index (χ0v) is 10.7. The summed E-state index contributed by atoms with van der Waals surface area (Å²) in [4.78, 5) is 3.41. The third-order valence-electron chi connectivity index (χ3n) is 2.32. The molecule has 0 amide bonds. The summed E-state index contributed by atoms with van der Waals surface area (Å²) in [5.41, 5.74) is -0.358. The number of nitrogens with one attached hydrogen (secondary N) is 1. The van der Waals surface area contributed by atoms with Crippen molar-refractivity contribution in [3.63, 3.8) is 0 Å². The standard InChI is InChI=1S/C12H7F2N3O2S/c13-9-2-1-5-16-12(9)20(18,19)17-11-4-3-8(7-15)6-10(11)14/h1-6,17H. The van der Waals surface area contributed by atoms with Gasteiger partial charge in [0.05, 0.1) is 17.3 Å². The number of nitrogens with zero attached hydrogens (tertiary/aromatic N) is 2. The van der Waals surface area contributed by atoms with Crippen LogP contribution in [0.5, 0.6) is 0 Å². The summed E-state index contributed by atoms with van der Waals surface area (Å²) in [6, 6.07) is 7.04. The Balaban J connectivity index is 2.40. The number of aromatic nitrogens is 1. The van der Waals surface area contributed by atoms with Crippen molar-refractivity contribution in [1.82, 2.24) is 4.98 Å². The highest BCUT2D eigenvalue weighted by Gasteiger charge is 2.21. The second-order valence-corrected chi connectivity index (χ2v) is 5.30. The lowest BCUT2D eigenvalue weighted by atomic mass is 10.2. The number of hydrogen-bond donors (Lipinski definition) is 1. The van der Waals surface area contributed by atoms with E-state index in [-0.39, 0.29) is 5.56 Å². The van der Waals surface area contributed by atoms with Crippen molar-refractivity contribution in [2.45, 2.75) is 5.03 Å². The number of rotatable bonds is 3. The van der Waals surface area contributed by atoms with Crippen LogP contribution in [0, 0.1) is 23.0 Å². The smallest absolute Gasteiger partial charge is 0.275 e. The number of anilines is 1. The molecule has 0 unspecified atom stereocenters. The summed E-state index contributed by atoms with van der Waals surface area (Å²) in [5, 5.41) is 7.76. The van der Waals surface area contributed by atoms with Gasteiger partial charge >= 0.3 is 0 Å². The lowest BCUT2D eigenvalue weighted by molar-refractivity contribution is 0.556. The SMILES string of the molecule is N#Cc1ccc(NS(=O)(=O)c2ncccc2F)c(F)c1. The fraction of sp³-hybridized carbons (Fsp3) is 0. The summed E-state index contributed by atoms with van der Waals surface area (Å²) in [6.07, 6.45) is 1.10. The first-order valence-electron chi connectivity index (χ1n) is 5.27. The molecule has 2 aromatic rings. The second-order valence-electron chi connectivity index (χ2n) is 3.70. The maximum Gasteiger partial charge on any atom is 0.282 e. The maximum atomic E-state index is 13.6. The molecule has 0 saturated heterocycles. The lowest BCUT2D eigenvalue weighted by Crippen LogP contribution is -2.17. The van der Waals surface area contributed by atoms with Gasteiger partial charge in [-0.2, -0.15) is 13.7 Å². The minimum atomic E-state index is -4.35. The van der Waals surface area contributed by atoms with E-state index in [1.54, 1.807) is 6.07 Å². The number of hydrogen-bond acceptors (Lipinski definition) is 4.